The molecule has 0 bridgehead atoms. The highest BCUT2D eigenvalue weighted by molar-refractivity contribution is 14.1. The highest BCUT2D eigenvalue weighted by atomic mass is 127. The van der Waals surface area contributed by atoms with Gasteiger partial charge in [0.15, 0.2) is 0 Å². The van der Waals surface area contributed by atoms with Crippen molar-refractivity contribution in [2.45, 2.75) is 25.7 Å². The molecule has 0 unspecified atom stereocenters. The summed E-state index contributed by atoms with van der Waals surface area (Å²) in [5.74, 6) is 0.754. The van der Waals surface area contributed by atoms with Gasteiger partial charge in [-0.1, -0.05) is 47.6 Å². The van der Waals surface area contributed by atoms with Crippen LogP contribution in [0.15, 0.2) is 51.7 Å². The molecule has 0 aliphatic heterocycles. The Morgan fingerprint density at radius 2 is 1.70 bits per heavy atom. The molecular formula is C19H19IO3. The van der Waals surface area contributed by atoms with E-state index < -0.39 is 0 Å². The number of hydrogen-bond donors (Lipinski definition) is 0. The van der Waals surface area contributed by atoms with E-state index >= 15 is 0 Å². The van der Waals surface area contributed by atoms with E-state index in [1.807, 2.05) is 30.3 Å². The molecule has 1 aromatic heterocycles. The zero-order valence-corrected chi connectivity index (χ0v) is 15.0. The maximum absolute atomic E-state index is 12.5. The second kappa shape index (κ2) is 7.81. The first-order chi connectivity index (χ1) is 11.3. The second-order valence-corrected chi connectivity index (χ2v) is 6.62. The van der Waals surface area contributed by atoms with Crippen molar-refractivity contribution in [1.29, 1.82) is 0 Å². The van der Waals surface area contributed by atoms with Gasteiger partial charge in [0.2, 0.25) is 5.43 Å². The normalized spacial score (nSPS) is 11.2. The number of fused-ring (bicyclic) bond motifs is 2. The molecule has 120 valence electrons. The summed E-state index contributed by atoms with van der Waals surface area (Å²) in [5, 5.41) is 1.21. The first-order valence-corrected chi connectivity index (χ1v) is 9.46. The van der Waals surface area contributed by atoms with Crippen LogP contribution < -0.4 is 10.2 Å². The van der Waals surface area contributed by atoms with E-state index in [9.17, 15) is 4.79 Å². The zero-order chi connectivity index (χ0) is 16.1. The molecule has 0 saturated carbocycles. The summed E-state index contributed by atoms with van der Waals surface area (Å²) in [4.78, 5) is 12.5. The van der Waals surface area contributed by atoms with Crippen LogP contribution in [0.4, 0.5) is 0 Å². The van der Waals surface area contributed by atoms with Gasteiger partial charge in [0.1, 0.15) is 16.9 Å². The predicted molar refractivity (Wildman–Crippen MR) is 103 cm³/mol. The molecular weight excluding hydrogens is 403 g/mol. The molecule has 3 nitrogen and oxygen atoms in total. The van der Waals surface area contributed by atoms with Crippen LogP contribution in [0.1, 0.15) is 25.7 Å². The van der Waals surface area contributed by atoms with Gasteiger partial charge in [-0.25, -0.2) is 0 Å². The maximum Gasteiger partial charge on any atom is 0.200 e. The van der Waals surface area contributed by atoms with E-state index in [2.05, 4.69) is 22.6 Å². The summed E-state index contributed by atoms with van der Waals surface area (Å²) >= 11 is 2.41. The maximum atomic E-state index is 12.5. The lowest BCUT2D eigenvalue weighted by atomic mass is 10.1. The van der Waals surface area contributed by atoms with Gasteiger partial charge in [0, 0.05) is 6.07 Å². The average molecular weight is 422 g/mol. The highest BCUT2D eigenvalue weighted by Gasteiger charge is 2.08. The highest BCUT2D eigenvalue weighted by Crippen LogP contribution is 2.23. The van der Waals surface area contributed by atoms with Crippen LogP contribution in [0.25, 0.3) is 21.9 Å². The van der Waals surface area contributed by atoms with Crippen molar-refractivity contribution in [3.63, 3.8) is 0 Å². The number of benzene rings is 2. The minimum atomic E-state index is 0.00667. The molecule has 4 heteroatoms. The SMILES string of the molecule is O=c1c2ccccc2oc2cc(OCCCCCCI)ccc12. The summed E-state index contributed by atoms with van der Waals surface area (Å²) in [7, 11) is 0. The second-order valence-electron chi connectivity index (χ2n) is 5.54. The van der Waals surface area contributed by atoms with E-state index in [-0.39, 0.29) is 5.43 Å². The molecule has 2 aromatic carbocycles. The number of halogens is 1. The number of ether oxygens (including phenoxy) is 1. The number of alkyl halides is 1. The Labute approximate surface area is 148 Å². The van der Waals surface area contributed by atoms with E-state index in [1.54, 1.807) is 12.1 Å². The Hall–Kier alpha value is -1.56. The number of hydrogen-bond acceptors (Lipinski definition) is 3. The lowest BCUT2D eigenvalue weighted by molar-refractivity contribution is 0.305. The van der Waals surface area contributed by atoms with Crippen LogP contribution in [0.3, 0.4) is 0 Å². The topological polar surface area (TPSA) is 39.4 Å². The molecule has 0 fully saturated rings. The van der Waals surface area contributed by atoms with Gasteiger partial charge < -0.3 is 9.15 Å². The predicted octanol–water partition coefficient (Wildman–Crippen LogP) is 5.32. The molecule has 0 N–H and O–H groups in total. The fourth-order valence-electron chi connectivity index (χ4n) is 2.61. The Morgan fingerprint density at radius 3 is 2.57 bits per heavy atom. The van der Waals surface area contributed by atoms with Gasteiger partial charge in [-0.2, -0.15) is 0 Å². The standard InChI is InChI=1S/C19H19IO3/c20-11-5-1-2-6-12-22-14-9-10-16-18(13-14)23-17-8-4-3-7-15(17)19(16)21/h3-4,7-10,13H,1-2,5-6,11-12H2. The van der Waals surface area contributed by atoms with E-state index in [1.165, 1.54) is 23.7 Å². The molecule has 3 rings (SSSR count). The van der Waals surface area contributed by atoms with Gasteiger partial charge in [-0.05, 0) is 41.5 Å². The summed E-state index contributed by atoms with van der Waals surface area (Å²) < 4.78 is 12.8. The molecule has 0 amide bonds. The molecule has 23 heavy (non-hydrogen) atoms. The van der Waals surface area contributed by atoms with E-state index in [0.29, 0.717) is 28.5 Å². The summed E-state index contributed by atoms with van der Waals surface area (Å²) in [6.45, 7) is 0.699. The van der Waals surface area contributed by atoms with Gasteiger partial charge in [-0.3, -0.25) is 4.79 Å². The Balaban J connectivity index is 1.76. The van der Waals surface area contributed by atoms with Gasteiger partial charge in [-0.15, -0.1) is 0 Å². The van der Waals surface area contributed by atoms with Crippen LogP contribution in [0.2, 0.25) is 0 Å². The smallest absolute Gasteiger partial charge is 0.200 e. The average Bonchev–Trinajstić information content (AvgIpc) is 2.58. The van der Waals surface area contributed by atoms with Crippen LogP contribution in [-0.2, 0) is 0 Å². The van der Waals surface area contributed by atoms with Crippen molar-refractivity contribution in [2.24, 2.45) is 0 Å². The summed E-state index contributed by atoms with van der Waals surface area (Å²) in [6.07, 6.45) is 4.77. The Kier molecular flexibility index (Phi) is 5.54. The van der Waals surface area contributed by atoms with E-state index in [0.717, 1.165) is 12.2 Å². The first kappa shape index (κ1) is 16.3. The molecule has 0 aliphatic carbocycles. The monoisotopic (exact) mass is 422 g/mol. The minimum Gasteiger partial charge on any atom is -0.493 e. The summed E-state index contributed by atoms with van der Waals surface area (Å²) in [5.41, 5.74) is 1.20. The van der Waals surface area contributed by atoms with Crippen molar-refractivity contribution < 1.29 is 9.15 Å². The number of rotatable bonds is 7. The molecule has 0 saturated heterocycles. The van der Waals surface area contributed by atoms with Gasteiger partial charge in [0.25, 0.3) is 0 Å². The third-order valence-corrected chi connectivity index (χ3v) is 4.61. The quantitative estimate of drug-likeness (QED) is 0.224. The van der Waals surface area contributed by atoms with Crippen LogP contribution in [0.5, 0.6) is 5.75 Å². The third kappa shape index (κ3) is 3.86. The van der Waals surface area contributed by atoms with E-state index in [4.69, 9.17) is 9.15 Å². The van der Waals surface area contributed by atoms with Crippen LogP contribution in [0, 0.1) is 0 Å². The first-order valence-electron chi connectivity index (χ1n) is 7.94. The zero-order valence-electron chi connectivity index (χ0n) is 12.9. The lowest BCUT2D eigenvalue weighted by Crippen LogP contribution is -2.02. The van der Waals surface area contributed by atoms with Crippen LogP contribution >= 0.6 is 22.6 Å². The molecule has 0 atom stereocenters. The fourth-order valence-corrected chi connectivity index (χ4v) is 3.15. The Bertz CT molecular complexity index is 854. The summed E-state index contributed by atoms with van der Waals surface area (Å²) in [6, 6.07) is 12.8. The van der Waals surface area contributed by atoms with Gasteiger partial charge in [0.05, 0.1) is 17.4 Å². The molecule has 0 spiro atoms. The lowest BCUT2D eigenvalue weighted by Gasteiger charge is -2.07. The molecule has 3 aromatic rings. The number of unbranched alkanes of at least 4 members (excludes halogenated alkanes) is 3. The van der Waals surface area contributed by atoms with Crippen molar-refractivity contribution in [3.05, 3.63) is 52.7 Å². The van der Waals surface area contributed by atoms with Gasteiger partial charge >= 0.3 is 0 Å². The fraction of sp³-hybridized carbons (Fsp3) is 0.316. The van der Waals surface area contributed by atoms with Crippen molar-refractivity contribution >= 4 is 44.5 Å². The minimum absolute atomic E-state index is 0.00667. The largest absolute Gasteiger partial charge is 0.493 e. The third-order valence-electron chi connectivity index (χ3n) is 3.85. The molecule has 1 heterocycles. The molecule has 0 radical (unpaired) electrons. The van der Waals surface area contributed by atoms with Crippen molar-refractivity contribution in [2.75, 3.05) is 11.0 Å². The van der Waals surface area contributed by atoms with Crippen LogP contribution in [-0.4, -0.2) is 11.0 Å². The van der Waals surface area contributed by atoms with Crippen molar-refractivity contribution in [1.82, 2.24) is 0 Å². The van der Waals surface area contributed by atoms with Crippen molar-refractivity contribution in [3.8, 4) is 5.75 Å². The molecule has 0 aliphatic rings. The number of para-hydroxylation sites is 1. The Morgan fingerprint density at radius 1 is 0.913 bits per heavy atom.